The van der Waals surface area contributed by atoms with E-state index in [1.165, 1.54) is 67.7 Å². The van der Waals surface area contributed by atoms with Gasteiger partial charge >= 0.3 is 30.1 Å². The van der Waals surface area contributed by atoms with Crippen LogP contribution in [0.2, 0.25) is 0 Å². The fourth-order valence-corrected chi connectivity index (χ4v) is 5.09. The number of methoxy groups -OCH3 is 3. The van der Waals surface area contributed by atoms with E-state index in [-0.39, 0.29) is 89.8 Å². The fraction of sp³-hybridized carbons (Fsp3) is 0.818. The first-order valence-electron chi connectivity index (χ1n) is 25.1. The molecule has 0 aromatic carbocycles. The maximum absolute atomic E-state index is 11.9. The van der Waals surface area contributed by atoms with Crippen molar-refractivity contribution < 1.29 is 109 Å². The molecule has 0 rings (SSSR count). The summed E-state index contributed by atoms with van der Waals surface area (Å²) >= 11 is 3.59. The summed E-state index contributed by atoms with van der Waals surface area (Å²) in [6.07, 6.45) is 6.89. The van der Waals surface area contributed by atoms with Crippen LogP contribution in [0.15, 0.2) is 0 Å². The van der Waals surface area contributed by atoms with E-state index in [9.17, 15) is 38.4 Å². The first-order chi connectivity index (χ1) is 38.8. The highest BCUT2D eigenvalue weighted by Gasteiger charge is 2.17. The van der Waals surface area contributed by atoms with Gasteiger partial charge in [-0.3, -0.25) is 14.4 Å². The van der Waals surface area contributed by atoms with Gasteiger partial charge in [0.1, 0.15) is 32.6 Å². The minimum absolute atomic E-state index is 0.104. The zero-order valence-electron chi connectivity index (χ0n) is 47.6. The molecule has 79 heavy (non-hydrogen) atoms. The maximum Gasteiger partial charge on any atom is 0.407 e. The lowest BCUT2D eigenvalue weighted by molar-refractivity contribution is -0.142. The standard InChI is InChI=1S/C20H36B2N4O11.C10H20O5S2.C8H16O5.C5H12BN2O2.CH4S/c1-32-18(29)3-2-8-35-17(13-36-19(30)23-4-9-33-11-6-25-21-15-27)14-37-20(31)24-5-10-34-12-7-26-22-16-28;1-12-10(11)5-4-6-13-9(7-14-16-2)8-15-17-3;1-12-8(11)3-2-4-13-7(5-9)6-10;7-1-3-10-4-2-8-6-5-9;1-2/h15-17,25-26H,2-14H2,1H3,(H,23,30)(H,24,31);9H,4-8H2,1-3H3;7,9-10H,2-6H2,1H3;5,8H,1-4,7H2;2H,1H3/i/hD. The van der Waals surface area contributed by atoms with E-state index in [4.69, 9.17) is 63.3 Å². The van der Waals surface area contributed by atoms with Crippen LogP contribution in [0.1, 0.15) is 38.5 Å². The van der Waals surface area contributed by atoms with Crippen molar-refractivity contribution in [2.24, 2.45) is 5.73 Å². The molecular weight excluding hydrogens is 1110 g/mol. The number of hydrogen-bond donors (Lipinski definition) is 9. The van der Waals surface area contributed by atoms with Gasteiger partial charge < -0.3 is 117 Å². The number of hydrogen-bond acceptors (Lipinski definition) is 30. The van der Waals surface area contributed by atoms with Crippen LogP contribution in [0.4, 0.5) is 9.59 Å². The lowest BCUT2D eigenvalue weighted by Crippen LogP contribution is -2.36. The van der Waals surface area contributed by atoms with E-state index in [2.05, 4.69) is 40.5 Å². The lowest BCUT2D eigenvalue weighted by Gasteiger charge is -2.18. The predicted octanol–water partition coefficient (Wildman–Crippen LogP) is -2.26. The Kier molecular flexibility index (Phi) is 77.6. The molecule has 0 aliphatic carbocycles. The highest BCUT2D eigenvalue weighted by molar-refractivity contribution is 7.94. The number of nitrogens with one attached hydrogen (secondary N) is 5. The van der Waals surface area contributed by atoms with Crippen LogP contribution >= 0.6 is 36.6 Å². The van der Waals surface area contributed by atoms with E-state index in [1.54, 1.807) is 6.26 Å². The molecule has 0 spiro atoms. The smallest absolute Gasteiger partial charge is 0.407 e. The molecule has 0 saturated heterocycles. The number of carbonyl (C=O) groups excluding carboxylic acids is 8. The quantitative estimate of drug-likeness (QED) is 0.00590. The number of aliphatic hydroxyl groups excluding tert-OH is 2. The molecule has 0 aliphatic rings. The summed E-state index contributed by atoms with van der Waals surface area (Å²) in [7, 11) is 7.84. The molecule has 459 valence electrons. The minimum atomic E-state index is -0.762. The summed E-state index contributed by atoms with van der Waals surface area (Å²) in [6, 6.07) is 0. The normalized spacial score (nSPS) is 10.3. The van der Waals surface area contributed by atoms with Crippen LogP contribution in [0.25, 0.3) is 0 Å². The second-order valence-electron chi connectivity index (χ2n) is 14.2. The van der Waals surface area contributed by atoms with Gasteiger partial charge in [-0.1, -0.05) is 0 Å². The van der Waals surface area contributed by atoms with Crippen molar-refractivity contribution in [2.45, 2.75) is 56.8 Å². The Morgan fingerprint density at radius 1 is 0.544 bits per heavy atom. The highest BCUT2D eigenvalue weighted by Crippen LogP contribution is 2.07. The van der Waals surface area contributed by atoms with Crippen molar-refractivity contribution in [3.05, 3.63) is 0 Å². The van der Waals surface area contributed by atoms with Crippen LogP contribution in [-0.2, 0) is 89.2 Å². The number of rotatable bonds is 50. The van der Waals surface area contributed by atoms with Crippen LogP contribution in [0.3, 0.4) is 0 Å². The number of aliphatic hydroxyl groups is 2. The van der Waals surface area contributed by atoms with Crippen LogP contribution in [0, 0.1) is 0 Å². The van der Waals surface area contributed by atoms with Crippen molar-refractivity contribution in [3.8, 4) is 0 Å². The molecule has 0 fully saturated rings. The van der Waals surface area contributed by atoms with Crippen LogP contribution in [0.5, 0.6) is 0 Å². The molecule has 0 unspecified atom stereocenters. The largest absolute Gasteiger partial charge is 0.469 e. The third-order valence-electron chi connectivity index (χ3n) is 8.29. The Bertz CT molecular complexity index is 1370. The molecule has 2 amide bonds. The van der Waals surface area contributed by atoms with E-state index < -0.39 is 24.4 Å². The molecule has 0 aliphatic heterocycles. The number of alkyl carbamates (subject to hydrolysis) is 2. The number of thiol groups is 1. The molecule has 29 nitrogen and oxygen atoms in total. The van der Waals surface area contributed by atoms with Gasteiger partial charge in [0, 0.05) is 90.9 Å². The highest BCUT2D eigenvalue weighted by atomic mass is 32.2. The van der Waals surface area contributed by atoms with Gasteiger partial charge in [0.25, 0.3) is 22.2 Å². The Hall–Kier alpha value is -3.36. The molecule has 0 aromatic rings. The second kappa shape index (κ2) is 74.6. The fourth-order valence-electron chi connectivity index (χ4n) is 4.51. The molecule has 3 radical (unpaired) electrons. The van der Waals surface area contributed by atoms with Gasteiger partial charge in [0.2, 0.25) is 0 Å². The zero-order chi connectivity index (χ0) is 60.8. The van der Waals surface area contributed by atoms with Gasteiger partial charge in [-0.05, 0) is 49.6 Å². The lowest BCUT2D eigenvalue weighted by atomic mass is 9.99. The molecule has 0 saturated carbocycles. The molecule has 0 aromatic heterocycles. The van der Waals surface area contributed by atoms with Gasteiger partial charge in [0.05, 0.1) is 106 Å². The van der Waals surface area contributed by atoms with Crippen molar-refractivity contribution in [3.63, 3.8) is 0 Å². The van der Waals surface area contributed by atoms with Gasteiger partial charge in [-0.2, -0.15) is 12.5 Å². The average molecular weight is 1200 g/mol. The molecule has 0 atom stereocenters. The van der Waals surface area contributed by atoms with Gasteiger partial charge in [-0.15, -0.1) is 0 Å². The summed E-state index contributed by atoms with van der Waals surface area (Å²) in [6.45, 7) is 5.96. The first-order valence-corrected chi connectivity index (χ1v) is 27.8. The van der Waals surface area contributed by atoms with Crippen molar-refractivity contribution >= 4 is 108 Å². The third kappa shape index (κ3) is 74.6. The minimum Gasteiger partial charge on any atom is -0.469 e. The Morgan fingerprint density at radius 2 is 0.861 bits per heavy atom. The summed E-state index contributed by atoms with van der Waals surface area (Å²) < 4.78 is 72.0. The second-order valence-corrected chi connectivity index (χ2v) is 15.4. The Labute approximate surface area is 483 Å². The van der Waals surface area contributed by atoms with Crippen molar-refractivity contribution in [2.75, 3.05) is 178 Å². The summed E-state index contributed by atoms with van der Waals surface area (Å²) in [5, 5.41) is 30.4. The Morgan fingerprint density at radius 3 is 1.16 bits per heavy atom. The maximum atomic E-state index is 11.9. The number of carbonyl (C=O) groups is 8. The predicted molar refractivity (Wildman–Crippen MR) is 303 cm³/mol. The van der Waals surface area contributed by atoms with Crippen LogP contribution < -0.4 is 32.1 Å². The zero-order valence-corrected chi connectivity index (χ0v) is 49.0. The monoisotopic (exact) mass is 1200 g/mol. The van der Waals surface area contributed by atoms with Crippen molar-refractivity contribution in [1.29, 1.82) is 1.12 Å². The number of nitrogens with two attached hydrogens (primary N) is 1. The number of esters is 3. The first kappa shape index (κ1) is 82.1. The Balaban J connectivity index is -0.000000356. The van der Waals surface area contributed by atoms with E-state index in [0.717, 1.165) is 12.5 Å². The molecule has 0 heterocycles. The average Bonchev–Trinajstić information content (AvgIpc) is 3.46. The third-order valence-corrected chi connectivity index (χ3v) is 9.04. The topological polar surface area (TPSA) is 383 Å². The molecular formula is C44H88B3N6O23S3. The summed E-state index contributed by atoms with van der Waals surface area (Å²) in [5.74, 6) is -0.884. The summed E-state index contributed by atoms with van der Waals surface area (Å²) in [5.41, 5.74) is 5.16. The van der Waals surface area contributed by atoms with Gasteiger partial charge in [-0.25, -0.2) is 9.59 Å². The van der Waals surface area contributed by atoms with Crippen molar-refractivity contribution in [1.82, 2.24) is 26.3 Å². The SMILES string of the molecule is COC(=O)CCCOC(CO)CO.COC(=O)CCCOC(COC(=O)NCCOCCN[B]C=O)COC(=O)NCCOCCN[B]C=O.COC(=O)CCCOC(COSC)COSC.NCCOCCN[B]C=O.[2H]SC. The summed E-state index contributed by atoms with van der Waals surface area (Å²) in [4.78, 5) is 86.4. The number of amides is 2. The molecule has 9 N–H and O–H groups in total. The molecule has 35 heteroatoms. The van der Waals surface area contributed by atoms with E-state index in [1.807, 2.05) is 12.5 Å². The van der Waals surface area contributed by atoms with E-state index in [0.29, 0.717) is 130 Å². The van der Waals surface area contributed by atoms with Crippen LogP contribution in [-0.4, -0.2) is 279 Å². The van der Waals surface area contributed by atoms with Gasteiger partial charge in [0.15, 0.2) is 0 Å². The number of ether oxygens (including phenoxy) is 11. The van der Waals surface area contributed by atoms with E-state index >= 15 is 0 Å². The molecule has 0 bridgehead atoms.